The first kappa shape index (κ1) is 16.4. The van der Waals surface area contributed by atoms with E-state index in [1.807, 2.05) is 0 Å². The van der Waals surface area contributed by atoms with E-state index in [0.717, 1.165) is 38.5 Å². The predicted octanol–water partition coefficient (Wildman–Crippen LogP) is 1.95. The summed E-state index contributed by atoms with van der Waals surface area (Å²) in [6.07, 6.45) is 5.76. The van der Waals surface area contributed by atoms with Gasteiger partial charge in [-0.15, -0.1) is 0 Å². The molecule has 4 N–H and O–H groups in total. The molecule has 112 valence electrons. The molecule has 0 spiro atoms. The molecule has 0 aliphatic heterocycles. The molecule has 1 aliphatic carbocycles. The fraction of sp³-hybridized carbons (Fsp3) is 0.933. The van der Waals surface area contributed by atoms with Crippen LogP contribution in [0.3, 0.4) is 0 Å². The zero-order valence-electron chi connectivity index (χ0n) is 12.7. The van der Waals surface area contributed by atoms with Crippen LogP contribution in [0.25, 0.3) is 0 Å². The molecular formula is C15H30N2O2. The number of rotatable bonds is 6. The number of amides is 1. The third-order valence-corrected chi connectivity index (χ3v) is 4.26. The van der Waals surface area contributed by atoms with Crippen molar-refractivity contribution in [3.8, 4) is 0 Å². The van der Waals surface area contributed by atoms with Crippen molar-refractivity contribution < 1.29 is 9.90 Å². The molecule has 1 unspecified atom stereocenters. The Balaban J connectivity index is 2.30. The normalized spacial score (nSPS) is 22.8. The van der Waals surface area contributed by atoms with Gasteiger partial charge in [-0.1, -0.05) is 27.2 Å². The molecule has 19 heavy (non-hydrogen) atoms. The minimum Gasteiger partial charge on any atom is -0.388 e. The van der Waals surface area contributed by atoms with Crippen molar-refractivity contribution in [1.82, 2.24) is 5.32 Å². The van der Waals surface area contributed by atoms with Gasteiger partial charge >= 0.3 is 0 Å². The first-order valence-electron chi connectivity index (χ1n) is 7.51. The lowest BCUT2D eigenvalue weighted by molar-refractivity contribution is -0.123. The van der Waals surface area contributed by atoms with Gasteiger partial charge in [-0.3, -0.25) is 4.79 Å². The lowest BCUT2D eigenvalue weighted by Crippen LogP contribution is -2.47. The molecule has 1 atom stereocenters. The van der Waals surface area contributed by atoms with Crippen LogP contribution < -0.4 is 11.1 Å². The second-order valence-corrected chi connectivity index (χ2v) is 6.92. The van der Waals surface area contributed by atoms with E-state index in [1.165, 1.54) is 0 Å². The number of aliphatic hydroxyl groups is 1. The van der Waals surface area contributed by atoms with Crippen LogP contribution in [0.5, 0.6) is 0 Å². The second-order valence-electron chi connectivity index (χ2n) is 6.92. The van der Waals surface area contributed by atoms with Gasteiger partial charge in [0, 0.05) is 19.0 Å². The van der Waals surface area contributed by atoms with Crippen molar-refractivity contribution in [2.24, 2.45) is 11.1 Å². The zero-order valence-corrected chi connectivity index (χ0v) is 12.7. The molecule has 1 rings (SSSR count). The third-order valence-electron chi connectivity index (χ3n) is 4.26. The van der Waals surface area contributed by atoms with Crippen molar-refractivity contribution >= 4 is 5.91 Å². The topological polar surface area (TPSA) is 75.4 Å². The molecule has 1 aliphatic rings. The Morgan fingerprint density at radius 1 is 1.32 bits per heavy atom. The summed E-state index contributed by atoms with van der Waals surface area (Å²) in [6, 6.07) is -0.0649. The molecule has 0 aromatic heterocycles. The number of carbonyl (C=O) groups is 1. The first-order chi connectivity index (χ1) is 8.76. The minimum atomic E-state index is -0.722. The lowest BCUT2D eigenvalue weighted by Gasteiger charge is -2.40. The SMILES string of the molecule is CCCC(N)CC(=O)NCC1(O)CCC(C)(C)CC1. The highest BCUT2D eigenvalue weighted by atomic mass is 16.3. The first-order valence-corrected chi connectivity index (χ1v) is 7.51. The van der Waals surface area contributed by atoms with Crippen LogP contribution in [0.4, 0.5) is 0 Å². The van der Waals surface area contributed by atoms with Crippen molar-refractivity contribution in [2.75, 3.05) is 6.54 Å². The van der Waals surface area contributed by atoms with Crippen molar-refractivity contribution in [3.05, 3.63) is 0 Å². The molecule has 0 aromatic rings. The summed E-state index contributed by atoms with van der Waals surface area (Å²) < 4.78 is 0. The maximum atomic E-state index is 11.7. The van der Waals surface area contributed by atoms with E-state index in [4.69, 9.17) is 5.73 Å². The fourth-order valence-electron chi connectivity index (χ4n) is 2.62. The summed E-state index contributed by atoms with van der Waals surface area (Å²) in [7, 11) is 0. The average molecular weight is 270 g/mol. The lowest BCUT2D eigenvalue weighted by atomic mass is 9.71. The summed E-state index contributed by atoms with van der Waals surface area (Å²) >= 11 is 0. The number of nitrogens with one attached hydrogen (secondary N) is 1. The summed E-state index contributed by atoms with van der Waals surface area (Å²) in [5.74, 6) is -0.0424. The van der Waals surface area contributed by atoms with Crippen LogP contribution in [0.1, 0.15) is 65.7 Å². The van der Waals surface area contributed by atoms with Crippen LogP contribution in [0, 0.1) is 5.41 Å². The van der Waals surface area contributed by atoms with Crippen LogP contribution in [0.2, 0.25) is 0 Å². The van der Waals surface area contributed by atoms with E-state index < -0.39 is 5.60 Å². The number of nitrogens with two attached hydrogens (primary N) is 1. The molecule has 4 heteroatoms. The van der Waals surface area contributed by atoms with Gasteiger partial charge in [-0.25, -0.2) is 0 Å². The number of carbonyl (C=O) groups excluding carboxylic acids is 1. The van der Waals surface area contributed by atoms with E-state index in [1.54, 1.807) is 0 Å². The molecular weight excluding hydrogens is 240 g/mol. The smallest absolute Gasteiger partial charge is 0.221 e. The van der Waals surface area contributed by atoms with Gasteiger partial charge < -0.3 is 16.2 Å². The van der Waals surface area contributed by atoms with Crippen LogP contribution in [-0.4, -0.2) is 29.2 Å². The Labute approximate surface area is 117 Å². The second kappa shape index (κ2) is 6.71. The molecule has 0 aromatic carbocycles. The van der Waals surface area contributed by atoms with E-state index in [-0.39, 0.29) is 11.9 Å². The van der Waals surface area contributed by atoms with E-state index >= 15 is 0 Å². The molecule has 0 radical (unpaired) electrons. The Bertz CT molecular complexity index is 293. The maximum Gasteiger partial charge on any atom is 0.221 e. The highest BCUT2D eigenvalue weighted by Crippen LogP contribution is 2.39. The van der Waals surface area contributed by atoms with Gasteiger partial charge in [0.25, 0.3) is 0 Å². The van der Waals surface area contributed by atoms with Gasteiger partial charge in [-0.2, -0.15) is 0 Å². The number of hydrogen-bond donors (Lipinski definition) is 3. The highest BCUT2D eigenvalue weighted by Gasteiger charge is 2.36. The monoisotopic (exact) mass is 270 g/mol. The zero-order chi connectivity index (χ0) is 14.5. The largest absolute Gasteiger partial charge is 0.388 e. The summed E-state index contributed by atoms with van der Waals surface area (Å²) in [5, 5.41) is 13.3. The Hall–Kier alpha value is -0.610. The number of hydrogen-bond acceptors (Lipinski definition) is 3. The summed E-state index contributed by atoms with van der Waals surface area (Å²) in [6.45, 7) is 6.88. The van der Waals surface area contributed by atoms with Gasteiger partial charge in [0.05, 0.1) is 5.60 Å². The highest BCUT2D eigenvalue weighted by molar-refractivity contribution is 5.76. The maximum absolute atomic E-state index is 11.7. The Kier molecular flexibility index (Phi) is 5.81. The van der Waals surface area contributed by atoms with Crippen molar-refractivity contribution in [2.45, 2.75) is 77.4 Å². The molecule has 0 saturated heterocycles. The van der Waals surface area contributed by atoms with Gasteiger partial charge in [-0.05, 0) is 37.5 Å². The van der Waals surface area contributed by atoms with Crippen LogP contribution in [0.15, 0.2) is 0 Å². The van der Waals surface area contributed by atoms with Crippen molar-refractivity contribution in [3.63, 3.8) is 0 Å². The molecule has 0 heterocycles. The molecule has 1 saturated carbocycles. The minimum absolute atomic E-state index is 0.0424. The average Bonchev–Trinajstić information content (AvgIpc) is 2.32. The summed E-state index contributed by atoms with van der Waals surface area (Å²) in [5.41, 5.74) is 5.44. The summed E-state index contributed by atoms with van der Waals surface area (Å²) in [4.78, 5) is 11.7. The Morgan fingerprint density at radius 3 is 2.42 bits per heavy atom. The predicted molar refractivity (Wildman–Crippen MR) is 77.7 cm³/mol. The van der Waals surface area contributed by atoms with E-state index in [9.17, 15) is 9.90 Å². The standard InChI is InChI=1S/C15H30N2O2/c1-4-5-12(16)10-13(18)17-11-15(19)8-6-14(2,3)7-9-15/h12,19H,4-11,16H2,1-3H3,(H,17,18). The van der Waals surface area contributed by atoms with E-state index in [2.05, 4.69) is 26.1 Å². The molecule has 1 amide bonds. The van der Waals surface area contributed by atoms with Crippen LogP contribution >= 0.6 is 0 Å². The fourth-order valence-corrected chi connectivity index (χ4v) is 2.62. The molecule has 1 fully saturated rings. The third kappa shape index (κ3) is 5.91. The van der Waals surface area contributed by atoms with E-state index in [0.29, 0.717) is 18.4 Å². The van der Waals surface area contributed by atoms with Gasteiger partial charge in [0.15, 0.2) is 0 Å². The molecule has 0 bridgehead atoms. The Morgan fingerprint density at radius 2 is 1.89 bits per heavy atom. The molecule has 4 nitrogen and oxygen atoms in total. The van der Waals surface area contributed by atoms with Gasteiger partial charge in [0.2, 0.25) is 5.91 Å². The van der Waals surface area contributed by atoms with Gasteiger partial charge in [0.1, 0.15) is 0 Å². The quantitative estimate of drug-likeness (QED) is 0.690. The van der Waals surface area contributed by atoms with Crippen molar-refractivity contribution in [1.29, 1.82) is 0 Å². The van der Waals surface area contributed by atoms with Crippen LogP contribution in [-0.2, 0) is 4.79 Å².